The average Bonchev–Trinajstić information content (AvgIpc) is 3.45. The van der Waals surface area contributed by atoms with E-state index in [4.69, 9.17) is 23.2 Å². The van der Waals surface area contributed by atoms with Crippen LogP contribution in [0.4, 0.5) is 5.69 Å². The number of carboxylic acids is 1. The summed E-state index contributed by atoms with van der Waals surface area (Å²) in [5.41, 5.74) is 3.20. The summed E-state index contributed by atoms with van der Waals surface area (Å²) in [5.74, 6) is -0.895. The molecule has 2 atom stereocenters. The molecule has 2 aliphatic rings. The number of carbonyl (C=O) groups excluding carboxylic acids is 1. The number of fused-ring (bicyclic) bond motifs is 2. The van der Waals surface area contributed by atoms with Crippen molar-refractivity contribution in [1.29, 1.82) is 0 Å². The second-order valence-electron chi connectivity index (χ2n) is 7.84. The highest BCUT2D eigenvalue weighted by Gasteiger charge is 2.67. The van der Waals surface area contributed by atoms with E-state index in [0.29, 0.717) is 23.0 Å². The predicted molar refractivity (Wildman–Crippen MR) is 117 cm³/mol. The minimum absolute atomic E-state index is 0.0282. The molecule has 1 saturated carbocycles. The first-order valence-corrected chi connectivity index (χ1v) is 10.4. The molecule has 1 fully saturated rings. The highest BCUT2D eigenvalue weighted by Crippen LogP contribution is 2.66. The predicted octanol–water partition coefficient (Wildman–Crippen LogP) is 5.66. The Labute approximate surface area is 183 Å². The fourth-order valence-corrected chi connectivity index (χ4v) is 4.90. The van der Waals surface area contributed by atoms with E-state index in [1.807, 2.05) is 42.5 Å². The molecule has 150 valence electrons. The van der Waals surface area contributed by atoms with Crippen LogP contribution in [0.25, 0.3) is 0 Å². The Bertz CT molecular complexity index is 1190. The maximum Gasteiger partial charge on any atom is 0.335 e. The van der Waals surface area contributed by atoms with E-state index in [1.54, 1.807) is 29.2 Å². The summed E-state index contributed by atoms with van der Waals surface area (Å²) >= 11 is 12.3. The van der Waals surface area contributed by atoms with Crippen LogP contribution in [-0.2, 0) is 16.8 Å². The summed E-state index contributed by atoms with van der Waals surface area (Å²) in [6.07, 6.45) is 0.715. The topological polar surface area (TPSA) is 57.6 Å². The summed E-state index contributed by atoms with van der Waals surface area (Å²) in [6.45, 7) is 0.309. The number of halogens is 2. The third kappa shape index (κ3) is 2.91. The van der Waals surface area contributed by atoms with Gasteiger partial charge in [-0.15, -0.1) is 0 Å². The second kappa shape index (κ2) is 6.86. The summed E-state index contributed by atoms with van der Waals surface area (Å²) in [6, 6.07) is 19.9. The van der Waals surface area contributed by atoms with Crippen LogP contribution in [0, 0.1) is 0 Å². The number of nitrogens with zero attached hydrogens (tertiary/aromatic N) is 1. The number of amides is 1. The molecule has 3 aromatic carbocycles. The standard InChI is InChI=1S/C24H17Cl2NO3/c25-17-6-4-15(5-7-17)20-12-24(20)19-11-18(26)8-9-21(19)27(23(24)30)13-14-2-1-3-16(10-14)22(28)29/h1-11,20H,12-13H2,(H,28,29)/t20-,24+/m0/s1. The van der Waals surface area contributed by atoms with Crippen molar-refractivity contribution in [2.45, 2.75) is 24.3 Å². The minimum Gasteiger partial charge on any atom is -0.478 e. The van der Waals surface area contributed by atoms with E-state index in [9.17, 15) is 14.7 Å². The van der Waals surface area contributed by atoms with Gasteiger partial charge in [0, 0.05) is 21.7 Å². The lowest BCUT2D eigenvalue weighted by Gasteiger charge is -2.19. The Morgan fingerprint density at radius 1 is 1.03 bits per heavy atom. The highest BCUT2D eigenvalue weighted by atomic mass is 35.5. The van der Waals surface area contributed by atoms with Crippen molar-refractivity contribution in [3.05, 3.63) is 99.0 Å². The van der Waals surface area contributed by atoms with E-state index in [-0.39, 0.29) is 17.4 Å². The first-order chi connectivity index (χ1) is 14.4. The van der Waals surface area contributed by atoms with Crippen molar-refractivity contribution in [3.8, 4) is 0 Å². The van der Waals surface area contributed by atoms with Gasteiger partial charge in [-0.3, -0.25) is 4.79 Å². The van der Waals surface area contributed by atoms with Crippen molar-refractivity contribution < 1.29 is 14.7 Å². The van der Waals surface area contributed by atoms with Gasteiger partial charge in [-0.2, -0.15) is 0 Å². The van der Waals surface area contributed by atoms with Crippen molar-refractivity contribution in [2.24, 2.45) is 0 Å². The van der Waals surface area contributed by atoms with Crippen LogP contribution < -0.4 is 4.90 Å². The molecule has 0 radical (unpaired) electrons. The number of carbonyl (C=O) groups is 2. The molecule has 0 aromatic heterocycles. The average molecular weight is 438 g/mol. The van der Waals surface area contributed by atoms with Crippen molar-refractivity contribution in [2.75, 3.05) is 4.90 Å². The van der Waals surface area contributed by atoms with Gasteiger partial charge in [0.1, 0.15) is 0 Å². The summed E-state index contributed by atoms with van der Waals surface area (Å²) < 4.78 is 0. The molecule has 3 aromatic rings. The number of hydrogen-bond donors (Lipinski definition) is 1. The Hall–Kier alpha value is -2.82. The Morgan fingerprint density at radius 2 is 1.77 bits per heavy atom. The maximum absolute atomic E-state index is 13.7. The molecule has 1 amide bonds. The van der Waals surface area contributed by atoms with Crippen LogP contribution in [0.15, 0.2) is 66.7 Å². The molecule has 0 bridgehead atoms. The first-order valence-electron chi connectivity index (χ1n) is 9.60. The second-order valence-corrected chi connectivity index (χ2v) is 8.71. The molecule has 1 aliphatic carbocycles. The SMILES string of the molecule is O=C(O)c1cccc(CN2C(=O)[C@]3(C[C@H]3c3ccc(Cl)cc3)c3cc(Cl)ccc32)c1. The zero-order valence-corrected chi connectivity index (χ0v) is 17.3. The zero-order chi connectivity index (χ0) is 21.0. The van der Waals surface area contributed by atoms with Crippen molar-refractivity contribution in [1.82, 2.24) is 0 Å². The van der Waals surface area contributed by atoms with Gasteiger partial charge in [0.25, 0.3) is 0 Å². The number of hydrogen-bond acceptors (Lipinski definition) is 2. The van der Waals surface area contributed by atoms with Crippen LogP contribution in [-0.4, -0.2) is 17.0 Å². The molecule has 1 aliphatic heterocycles. The van der Waals surface area contributed by atoms with E-state index in [1.165, 1.54) is 0 Å². The lowest BCUT2D eigenvalue weighted by atomic mass is 9.92. The minimum atomic E-state index is -0.988. The molecule has 1 heterocycles. The van der Waals surface area contributed by atoms with Gasteiger partial charge >= 0.3 is 5.97 Å². The fraction of sp³-hybridized carbons (Fsp3) is 0.167. The molecular weight excluding hydrogens is 421 g/mol. The van der Waals surface area contributed by atoms with Crippen LogP contribution in [0.3, 0.4) is 0 Å². The third-order valence-corrected chi connectivity index (χ3v) is 6.59. The number of rotatable bonds is 4. The normalized spacial score (nSPS) is 21.7. The third-order valence-electron chi connectivity index (χ3n) is 6.10. The Balaban J connectivity index is 1.54. The Kier molecular flexibility index (Phi) is 4.38. The maximum atomic E-state index is 13.7. The van der Waals surface area contributed by atoms with E-state index in [0.717, 1.165) is 22.4 Å². The molecule has 0 unspecified atom stereocenters. The zero-order valence-electron chi connectivity index (χ0n) is 15.8. The molecule has 1 spiro atoms. The van der Waals surface area contributed by atoms with Gasteiger partial charge < -0.3 is 10.0 Å². The number of benzene rings is 3. The van der Waals surface area contributed by atoms with Gasteiger partial charge in [0.15, 0.2) is 0 Å². The monoisotopic (exact) mass is 437 g/mol. The van der Waals surface area contributed by atoms with Gasteiger partial charge in [-0.05, 0) is 65.6 Å². The smallest absolute Gasteiger partial charge is 0.335 e. The first kappa shape index (κ1) is 19.2. The molecular formula is C24H17Cl2NO3. The number of anilines is 1. The summed E-state index contributed by atoms with van der Waals surface area (Å²) in [7, 11) is 0. The van der Waals surface area contributed by atoms with Crippen LogP contribution in [0.5, 0.6) is 0 Å². The molecule has 0 saturated heterocycles. The summed E-state index contributed by atoms with van der Waals surface area (Å²) in [5, 5.41) is 10.5. The molecule has 1 N–H and O–H groups in total. The molecule has 4 nitrogen and oxygen atoms in total. The lowest BCUT2D eigenvalue weighted by molar-refractivity contribution is -0.120. The molecule has 5 rings (SSSR count). The highest BCUT2D eigenvalue weighted by molar-refractivity contribution is 6.31. The summed E-state index contributed by atoms with van der Waals surface area (Å²) in [4.78, 5) is 26.7. The van der Waals surface area contributed by atoms with Crippen molar-refractivity contribution >= 4 is 40.8 Å². The van der Waals surface area contributed by atoms with Crippen LogP contribution in [0.2, 0.25) is 10.0 Å². The van der Waals surface area contributed by atoms with Crippen molar-refractivity contribution in [3.63, 3.8) is 0 Å². The van der Waals surface area contributed by atoms with Crippen LogP contribution in [0.1, 0.15) is 39.4 Å². The largest absolute Gasteiger partial charge is 0.478 e. The van der Waals surface area contributed by atoms with Crippen LogP contribution >= 0.6 is 23.2 Å². The van der Waals surface area contributed by atoms with E-state index < -0.39 is 11.4 Å². The Morgan fingerprint density at radius 3 is 2.50 bits per heavy atom. The van der Waals surface area contributed by atoms with Gasteiger partial charge in [-0.1, -0.05) is 47.5 Å². The number of carboxylic acid groups (broad SMARTS) is 1. The lowest BCUT2D eigenvalue weighted by Crippen LogP contribution is -2.32. The number of aromatic carboxylic acids is 1. The molecule has 6 heteroatoms. The fourth-order valence-electron chi connectivity index (χ4n) is 4.60. The quantitative estimate of drug-likeness (QED) is 0.572. The van der Waals surface area contributed by atoms with Gasteiger partial charge in [0.2, 0.25) is 5.91 Å². The van der Waals surface area contributed by atoms with Gasteiger partial charge in [-0.25, -0.2) is 4.79 Å². The van der Waals surface area contributed by atoms with E-state index >= 15 is 0 Å². The van der Waals surface area contributed by atoms with E-state index in [2.05, 4.69) is 0 Å². The molecule has 30 heavy (non-hydrogen) atoms. The van der Waals surface area contributed by atoms with Gasteiger partial charge in [0.05, 0.1) is 17.5 Å².